The normalized spacial score (nSPS) is 11.9. The van der Waals surface area contributed by atoms with E-state index in [2.05, 4.69) is 10.3 Å². The molecule has 1 atom stereocenters. The molecule has 124 valence electrons. The summed E-state index contributed by atoms with van der Waals surface area (Å²) < 4.78 is 16.1. The zero-order valence-electron chi connectivity index (χ0n) is 13.5. The number of pyridine rings is 1. The molecular formula is C18H18N2O4. The maximum Gasteiger partial charge on any atom is 0.258 e. The largest absolute Gasteiger partial charge is 0.497 e. The summed E-state index contributed by atoms with van der Waals surface area (Å²) in [7, 11) is 1.60. The van der Waals surface area contributed by atoms with Crippen LogP contribution in [-0.2, 0) is 4.79 Å². The van der Waals surface area contributed by atoms with Crippen LogP contribution in [0.1, 0.15) is 18.7 Å². The van der Waals surface area contributed by atoms with E-state index in [-0.39, 0.29) is 18.6 Å². The second-order valence-corrected chi connectivity index (χ2v) is 5.29. The van der Waals surface area contributed by atoms with Crippen LogP contribution in [0, 0.1) is 0 Å². The molecule has 0 aliphatic carbocycles. The summed E-state index contributed by atoms with van der Waals surface area (Å²) in [6.07, 6.45) is 3.21. The molecule has 0 fully saturated rings. The molecule has 0 aliphatic rings. The average molecular weight is 326 g/mol. The Hall–Kier alpha value is -3.02. The summed E-state index contributed by atoms with van der Waals surface area (Å²) in [6, 6.07) is 10.6. The van der Waals surface area contributed by atoms with Gasteiger partial charge in [0, 0.05) is 17.6 Å². The van der Waals surface area contributed by atoms with Gasteiger partial charge in [-0.05, 0) is 37.3 Å². The molecule has 0 saturated heterocycles. The van der Waals surface area contributed by atoms with E-state index in [1.165, 1.54) is 0 Å². The van der Waals surface area contributed by atoms with Gasteiger partial charge in [-0.1, -0.05) is 0 Å². The first kappa shape index (κ1) is 15.9. The minimum Gasteiger partial charge on any atom is -0.497 e. The third kappa shape index (κ3) is 3.48. The number of benzene rings is 1. The first-order chi connectivity index (χ1) is 11.7. The van der Waals surface area contributed by atoms with Gasteiger partial charge in [-0.15, -0.1) is 0 Å². The number of furan rings is 1. The lowest BCUT2D eigenvalue weighted by Crippen LogP contribution is -2.31. The smallest absolute Gasteiger partial charge is 0.258 e. The molecule has 0 saturated carbocycles. The van der Waals surface area contributed by atoms with Crippen molar-refractivity contribution in [2.24, 2.45) is 0 Å². The van der Waals surface area contributed by atoms with Gasteiger partial charge in [0.2, 0.25) is 0 Å². The van der Waals surface area contributed by atoms with Crippen LogP contribution < -0.4 is 14.8 Å². The Bertz CT molecular complexity index is 830. The predicted molar refractivity (Wildman–Crippen MR) is 89.1 cm³/mol. The van der Waals surface area contributed by atoms with Crippen molar-refractivity contribution in [3.63, 3.8) is 0 Å². The van der Waals surface area contributed by atoms with Crippen molar-refractivity contribution in [3.05, 3.63) is 54.6 Å². The molecule has 2 aromatic heterocycles. The average Bonchev–Trinajstić information content (AvgIpc) is 3.14. The lowest BCUT2D eigenvalue weighted by Gasteiger charge is -2.13. The lowest BCUT2D eigenvalue weighted by atomic mass is 10.2. The van der Waals surface area contributed by atoms with E-state index in [9.17, 15) is 4.79 Å². The Balaban J connectivity index is 1.66. The number of nitrogens with zero attached hydrogens (tertiary/aromatic N) is 1. The highest BCUT2D eigenvalue weighted by molar-refractivity contribution is 5.86. The van der Waals surface area contributed by atoms with Crippen LogP contribution >= 0.6 is 0 Å². The summed E-state index contributed by atoms with van der Waals surface area (Å²) in [4.78, 5) is 16.3. The lowest BCUT2D eigenvalue weighted by molar-refractivity contribution is -0.123. The van der Waals surface area contributed by atoms with Crippen molar-refractivity contribution in [1.82, 2.24) is 10.3 Å². The van der Waals surface area contributed by atoms with Gasteiger partial charge in [-0.2, -0.15) is 0 Å². The second-order valence-electron chi connectivity index (χ2n) is 5.29. The first-order valence-corrected chi connectivity index (χ1v) is 7.55. The molecular weight excluding hydrogens is 308 g/mol. The van der Waals surface area contributed by atoms with Crippen LogP contribution in [0.4, 0.5) is 0 Å². The van der Waals surface area contributed by atoms with Gasteiger partial charge in [0.25, 0.3) is 5.91 Å². The van der Waals surface area contributed by atoms with E-state index in [0.717, 1.165) is 16.7 Å². The predicted octanol–water partition coefficient (Wildman–Crippen LogP) is 3.09. The Morgan fingerprint density at radius 2 is 2.21 bits per heavy atom. The number of carbonyl (C=O) groups is 1. The fourth-order valence-corrected chi connectivity index (χ4v) is 2.39. The van der Waals surface area contributed by atoms with Gasteiger partial charge in [0.05, 0.1) is 24.9 Å². The summed E-state index contributed by atoms with van der Waals surface area (Å²) in [5, 5.41) is 3.65. The van der Waals surface area contributed by atoms with Gasteiger partial charge in [-0.3, -0.25) is 9.78 Å². The number of methoxy groups -OCH3 is 1. The minimum atomic E-state index is -0.225. The van der Waals surface area contributed by atoms with E-state index in [4.69, 9.17) is 13.9 Å². The molecule has 2 heterocycles. The summed E-state index contributed by atoms with van der Waals surface area (Å²) in [5.74, 6) is 1.79. The number of nitrogens with one attached hydrogen (secondary N) is 1. The zero-order valence-corrected chi connectivity index (χ0v) is 13.5. The maximum absolute atomic E-state index is 12.0. The molecule has 0 radical (unpaired) electrons. The Morgan fingerprint density at radius 3 is 2.96 bits per heavy atom. The van der Waals surface area contributed by atoms with Crippen LogP contribution in [0.3, 0.4) is 0 Å². The topological polar surface area (TPSA) is 73.6 Å². The van der Waals surface area contributed by atoms with Crippen LogP contribution in [-0.4, -0.2) is 24.6 Å². The van der Waals surface area contributed by atoms with Crippen molar-refractivity contribution < 1.29 is 18.7 Å². The minimum absolute atomic E-state index is 0.0871. The SMILES string of the molecule is COc1ccc2c(OCC(=O)N[C@@H](C)c3ccco3)ccnc2c1. The van der Waals surface area contributed by atoms with Crippen LogP contribution in [0.2, 0.25) is 0 Å². The highest BCUT2D eigenvalue weighted by Crippen LogP contribution is 2.27. The van der Waals surface area contributed by atoms with E-state index >= 15 is 0 Å². The third-order valence-electron chi connectivity index (χ3n) is 3.62. The van der Waals surface area contributed by atoms with Crippen LogP contribution in [0.25, 0.3) is 10.9 Å². The molecule has 3 rings (SSSR count). The second kappa shape index (κ2) is 7.04. The highest BCUT2D eigenvalue weighted by atomic mass is 16.5. The highest BCUT2D eigenvalue weighted by Gasteiger charge is 2.13. The van der Waals surface area contributed by atoms with Crippen molar-refractivity contribution in [2.75, 3.05) is 13.7 Å². The molecule has 1 aromatic carbocycles. The van der Waals surface area contributed by atoms with Gasteiger partial charge >= 0.3 is 0 Å². The number of rotatable bonds is 6. The van der Waals surface area contributed by atoms with Crippen molar-refractivity contribution >= 4 is 16.8 Å². The number of ether oxygens (including phenoxy) is 2. The van der Waals surface area contributed by atoms with E-state index in [1.54, 1.807) is 31.7 Å². The van der Waals surface area contributed by atoms with Crippen LogP contribution in [0.5, 0.6) is 11.5 Å². The van der Waals surface area contributed by atoms with Crippen molar-refractivity contribution in [1.29, 1.82) is 0 Å². The Labute approximate surface area is 139 Å². The molecule has 0 bridgehead atoms. The van der Waals surface area contributed by atoms with Gasteiger partial charge in [0.15, 0.2) is 6.61 Å². The number of fused-ring (bicyclic) bond motifs is 1. The standard InChI is InChI=1S/C18H18N2O4/c1-12(16-4-3-9-23-16)20-18(21)11-24-17-7-8-19-15-10-13(22-2)5-6-14(15)17/h3-10,12H,11H2,1-2H3,(H,20,21)/t12-/m0/s1. The molecule has 3 aromatic rings. The van der Waals surface area contributed by atoms with E-state index in [0.29, 0.717) is 11.5 Å². The number of aromatic nitrogens is 1. The number of hydrogen-bond donors (Lipinski definition) is 1. The molecule has 1 amide bonds. The molecule has 0 spiro atoms. The van der Waals surface area contributed by atoms with Gasteiger partial charge in [0.1, 0.15) is 17.3 Å². The molecule has 24 heavy (non-hydrogen) atoms. The fraction of sp³-hybridized carbons (Fsp3) is 0.222. The molecule has 0 aliphatic heterocycles. The van der Waals surface area contributed by atoms with E-state index < -0.39 is 0 Å². The third-order valence-corrected chi connectivity index (χ3v) is 3.62. The molecule has 0 unspecified atom stereocenters. The van der Waals surface area contributed by atoms with Gasteiger partial charge < -0.3 is 19.2 Å². The van der Waals surface area contributed by atoms with Crippen molar-refractivity contribution in [3.8, 4) is 11.5 Å². The fourth-order valence-electron chi connectivity index (χ4n) is 2.39. The van der Waals surface area contributed by atoms with Crippen molar-refractivity contribution in [2.45, 2.75) is 13.0 Å². The Morgan fingerprint density at radius 1 is 1.33 bits per heavy atom. The number of hydrogen-bond acceptors (Lipinski definition) is 5. The summed E-state index contributed by atoms with van der Waals surface area (Å²) in [5.41, 5.74) is 0.746. The monoisotopic (exact) mass is 326 g/mol. The molecule has 6 heteroatoms. The molecule has 1 N–H and O–H groups in total. The summed E-state index contributed by atoms with van der Waals surface area (Å²) >= 11 is 0. The number of amides is 1. The maximum atomic E-state index is 12.0. The molecule has 6 nitrogen and oxygen atoms in total. The first-order valence-electron chi connectivity index (χ1n) is 7.55. The number of carbonyl (C=O) groups excluding carboxylic acids is 1. The Kier molecular flexibility index (Phi) is 4.65. The summed E-state index contributed by atoms with van der Waals surface area (Å²) in [6.45, 7) is 1.76. The quantitative estimate of drug-likeness (QED) is 0.753. The zero-order chi connectivity index (χ0) is 16.9. The van der Waals surface area contributed by atoms with Gasteiger partial charge in [-0.25, -0.2) is 0 Å². The van der Waals surface area contributed by atoms with Crippen LogP contribution in [0.15, 0.2) is 53.3 Å². The van der Waals surface area contributed by atoms with E-state index in [1.807, 2.05) is 31.2 Å².